The van der Waals surface area contributed by atoms with Gasteiger partial charge in [0.25, 0.3) is 0 Å². The topological polar surface area (TPSA) is 73.9 Å². The standard InChI is InChI=1S/C17H20FNO5S/c1-22-14-7-8-17(15(10-14)23-2)25(20,21)19-11-16(24-3)12-5-4-6-13(18)9-12/h4-10,16,19H,11H2,1-3H3. The van der Waals surface area contributed by atoms with Crippen LogP contribution in [0, 0.1) is 5.82 Å². The van der Waals surface area contributed by atoms with Crippen LogP contribution in [0.15, 0.2) is 47.4 Å². The number of halogens is 1. The number of methoxy groups -OCH3 is 3. The fourth-order valence-corrected chi connectivity index (χ4v) is 3.48. The number of benzene rings is 2. The summed E-state index contributed by atoms with van der Waals surface area (Å²) in [5.41, 5.74) is 0.534. The highest BCUT2D eigenvalue weighted by atomic mass is 32.2. The van der Waals surface area contributed by atoms with Gasteiger partial charge in [-0.25, -0.2) is 17.5 Å². The molecule has 0 aliphatic carbocycles. The van der Waals surface area contributed by atoms with E-state index in [9.17, 15) is 12.8 Å². The van der Waals surface area contributed by atoms with Crippen molar-refractivity contribution in [1.82, 2.24) is 4.72 Å². The van der Waals surface area contributed by atoms with Crippen LogP contribution >= 0.6 is 0 Å². The number of hydrogen-bond donors (Lipinski definition) is 1. The van der Waals surface area contributed by atoms with Crippen molar-refractivity contribution >= 4 is 10.0 Å². The van der Waals surface area contributed by atoms with Gasteiger partial charge in [0.05, 0.1) is 20.3 Å². The van der Waals surface area contributed by atoms with Crippen LogP contribution in [-0.4, -0.2) is 36.3 Å². The van der Waals surface area contributed by atoms with Gasteiger partial charge in [-0.1, -0.05) is 12.1 Å². The van der Waals surface area contributed by atoms with Crippen LogP contribution < -0.4 is 14.2 Å². The van der Waals surface area contributed by atoms with Crippen molar-refractivity contribution in [3.63, 3.8) is 0 Å². The van der Waals surface area contributed by atoms with Gasteiger partial charge in [0.15, 0.2) is 0 Å². The lowest BCUT2D eigenvalue weighted by molar-refractivity contribution is 0.107. The van der Waals surface area contributed by atoms with Crippen LogP contribution in [-0.2, 0) is 14.8 Å². The second-order valence-electron chi connectivity index (χ2n) is 5.15. The molecule has 8 heteroatoms. The van der Waals surface area contributed by atoms with Crippen LogP contribution in [0.5, 0.6) is 11.5 Å². The fraction of sp³-hybridized carbons (Fsp3) is 0.294. The maximum atomic E-state index is 13.4. The van der Waals surface area contributed by atoms with E-state index in [1.165, 1.54) is 57.7 Å². The number of nitrogens with one attached hydrogen (secondary N) is 1. The molecule has 0 fully saturated rings. The van der Waals surface area contributed by atoms with E-state index in [1.54, 1.807) is 6.07 Å². The molecule has 1 atom stereocenters. The van der Waals surface area contributed by atoms with E-state index < -0.39 is 21.9 Å². The quantitative estimate of drug-likeness (QED) is 0.774. The van der Waals surface area contributed by atoms with Crippen molar-refractivity contribution < 1.29 is 27.0 Å². The normalized spacial score (nSPS) is 12.6. The molecular weight excluding hydrogens is 349 g/mol. The van der Waals surface area contributed by atoms with Gasteiger partial charge < -0.3 is 14.2 Å². The summed E-state index contributed by atoms with van der Waals surface area (Å²) >= 11 is 0. The summed E-state index contributed by atoms with van der Waals surface area (Å²) in [6, 6.07) is 10.2. The maximum Gasteiger partial charge on any atom is 0.244 e. The Hall–Kier alpha value is -2.16. The predicted molar refractivity (Wildman–Crippen MR) is 90.9 cm³/mol. The summed E-state index contributed by atoms with van der Waals surface area (Å²) in [5.74, 6) is 0.219. The molecule has 0 aromatic heterocycles. The summed E-state index contributed by atoms with van der Waals surface area (Å²) in [6.07, 6.45) is -0.630. The highest BCUT2D eigenvalue weighted by Crippen LogP contribution is 2.28. The molecule has 25 heavy (non-hydrogen) atoms. The van der Waals surface area contributed by atoms with Crippen LogP contribution in [0.1, 0.15) is 11.7 Å². The molecule has 0 heterocycles. The van der Waals surface area contributed by atoms with E-state index in [4.69, 9.17) is 14.2 Å². The Bertz CT molecular complexity index is 826. The van der Waals surface area contributed by atoms with E-state index in [0.717, 1.165) is 0 Å². The Kier molecular flexibility index (Phi) is 6.35. The van der Waals surface area contributed by atoms with Gasteiger partial charge in [-0.3, -0.25) is 0 Å². The van der Waals surface area contributed by atoms with Gasteiger partial charge in [-0.05, 0) is 29.8 Å². The molecule has 1 unspecified atom stereocenters. The van der Waals surface area contributed by atoms with E-state index >= 15 is 0 Å². The summed E-state index contributed by atoms with van der Waals surface area (Å²) in [4.78, 5) is -0.0232. The predicted octanol–water partition coefficient (Wildman–Crippen LogP) is 2.51. The first-order chi connectivity index (χ1) is 11.9. The Balaban J connectivity index is 2.21. The van der Waals surface area contributed by atoms with Crippen LogP contribution in [0.4, 0.5) is 4.39 Å². The van der Waals surface area contributed by atoms with Gasteiger partial charge in [0.1, 0.15) is 22.2 Å². The lowest BCUT2D eigenvalue weighted by Crippen LogP contribution is -2.29. The maximum absolute atomic E-state index is 13.4. The average Bonchev–Trinajstić information content (AvgIpc) is 2.61. The Labute approximate surface area is 146 Å². The Morgan fingerprint density at radius 2 is 1.84 bits per heavy atom. The SMILES string of the molecule is COc1ccc(S(=O)(=O)NCC(OC)c2cccc(F)c2)c(OC)c1. The Morgan fingerprint density at radius 1 is 1.08 bits per heavy atom. The largest absolute Gasteiger partial charge is 0.497 e. The number of ether oxygens (including phenoxy) is 3. The van der Waals surface area contributed by atoms with E-state index in [2.05, 4.69) is 4.72 Å². The molecule has 2 aromatic rings. The second-order valence-corrected chi connectivity index (χ2v) is 6.88. The molecule has 2 aromatic carbocycles. The summed E-state index contributed by atoms with van der Waals surface area (Å²) < 4.78 is 56.4. The van der Waals surface area contributed by atoms with Crippen molar-refractivity contribution in [3.8, 4) is 11.5 Å². The zero-order valence-corrected chi connectivity index (χ0v) is 15.0. The summed E-state index contributed by atoms with van der Waals surface area (Å²) in [5, 5.41) is 0. The lowest BCUT2D eigenvalue weighted by Gasteiger charge is -2.17. The third-order valence-corrected chi connectivity index (χ3v) is 5.09. The number of hydrogen-bond acceptors (Lipinski definition) is 5. The van der Waals surface area contributed by atoms with Gasteiger partial charge in [0.2, 0.25) is 10.0 Å². The third-order valence-electron chi connectivity index (χ3n) is 3.62. The van der Waals surface area contributed by atoms with Crippen molar-refractivity contribution in [2.45, 2.75) is 11.0 Å². The molecule has 6 nitrogen and oxygen atoms in total. The first-order valence-electron chi connectivity index (χ1n) is 7.41. The number of sulfonamides is 1. The molecule has 0 aliphatic rings. The monoisotopic (exact) mass is 369 g/mol. The summed E-state index contributed by atoms with van der Waals surface area (Å²) in [7, 11) is 0.422. The van der Waals surface area contributed by atoms with E-state index in [0.29, 0.717) is 11.3 Å². The van der Waals surface area contributed by atoms with Crippen molar-refractivity contribution in [2.24, 2.45) is 0 Å². The molecule has 0 amide bonds. The fourth-order valence-electron chi connectivity index (χ4n) is 2.30. The minimum atomic E-state index is -3.86. The first kappa shape index (κ1) is 19.2. The minimum Gasteiger partial charge on any atom is -0.497 e. The molecule has 1 N–H and O–H groups in total. The second kappa shape index (κ2) is 8.28. The summed E-state index contributed by atoms with van der Waals surface area (Å²) in [6.45, 7) is -0.0581. The third kappa shape index (κ3) is 4.68. The highest BCUT2D eigenvalue weighted by Gasteiger charge is 2.22. The van der Waals surface area contributed by atoms with Gasteiger partial charge in [-0.2, -0.15) is 0 Å². The van der Waals surface area contributed by atoms with Gasteiger partial charge in [0, 0.05) is 19.7 Å². The molecule has 0 saturated carbocycles. The molecule has 0 radical (unpaired) electrons. The number of rotatable bonds is 8. The molecule has 0 saturated heterocycles. The van der Waals surface area contributed by atoms with Gasteiger partial charge in [-0.15, -0.1) is 0 Å². The van der Waals surface area contributed by atoms with Gasteiger partial charge >= 0.3 is 0 Å². The lowest BCUT2D eigenvalue weighted by atomic mass is 10.1. The van der Waals surface area contributed by atoms with Crippen LogP contribution in [0.25, 0.3) is 0 Å². The molecular formula is C17H20FNO5S. The van der Waals surface area contributed by atoms with E-state index in [1.807, 2.05) is 0 Å². The van der Waals surface area contributed by atoms with Crippen molar-refractivity contribution in [1.29, 1.82) is 0 Å². The zero-order valence-electron chi connectivity index (χ0n) is 14.2. The zero-order chi connectivity index (χ0) is 18.4. The molecule has 0 bridgehead atoms. The van der Waals surface area contributed by atoms with Crippen molar-refractivity contribution in [2.75, 3.05) is 27.9 Å². The molecule has 0 aliphatic heterocycles. The van der Waals surface area contributed by atoms with Crippen LogP contribution in [0.2, 0.25) is 0 Å². The van der Waals surface area contributed by atoms with Crippen LogP contribution in [0.3, 0.4) is 0 Å². The molecule has 0 spiro atoms. The van der Waals surface area contributed by atoms with Crippen molar-refractivity contribution in [3.05, 3.63) is 53.8 Å². The smallest absolute Gasteiger partial charge is 0.244 e. The average molecular weight is 369 g/mol. The Morgan fingerprint density at radius 3 is 2.44 bits per heavy atom. The first-order valence-corrected chi connectivity index (χ1v) is 8.89. The highest BCUT2D eigenvalue weighted by molar-refractivity contribution is 7.89. The minimum absolute atomic E-state index is 0.0232. The molecule has 136 valence electrons. The molecule has 2 rings (SSSR count). The van der Waals surface area contributed by atoms with E-state index in [-0.39, 0.29) is 17.2 Å².